The maximum atomic E-state index is 12.4. The van der Waals surface area contributed by atoms with E-state index in [1.807, 2.05) is 11.0 Å². The van der Waals surface area contributed by atoms with E-state index in [-0.39, 0.29) is 5.91 Å². The number of carbonyl (C=O) groups is 1. The van der Waals surface area contributed by atoms with Crippen LogP contribution in [0.2, 0.25) is 0 Å². The standard InChI is InChI=1S/C26H43N5O/c1-3-27-26(28-16-10-17-30(2)24-13-8-5-9-14-24)29-20-23-19-25(32)31(21-23)18-15-22-11-6-4-7-12-22/h4,6-7,11-12,23-24H,3,5,8-10,13-21H2,1-2H3,(H2,27,28,29). The van der Waals surface area contributed by atoms with Crippen molar-refractivity contribution < 1.29 is 4.79 Å². The summed E-state index contributed by atoms with van der Waals surface area (Å²) < 4.78 is 0. The molecular formula is C26H43N5O. The molecule has 178 valence electrons. The fourth-order valence-corrected chi connectivity index (χ4v) is 4.90. The number of guanidine groups is 1. The van der Waals surface area contributed by atoms with Crippen molar-refractivity contribution in [1.82, 2.24) is 20.4 Å². The van der Waals surface area contributed by atoms with Gasteiger partial charge in [-0.05, 0) is 51.8 Å². The molecule has 6 nitrogen and oxygen atoms in total. The Morgan fingerprint density at radius 1 is 1.16 bits per heavy atom. The Kier molecular flexibility index (Phi) is 10.3. The molecule has 1 heterocycles. The zero-order valence-corrected chi connectivity index (χ0v) is 20.2. The number of carbonyl (C=O) groups excluding carboxylic acids is 1. The largest absolute Gasteiger partial charge is 0.357 e. The number of nitrogens with one attached hydrogen (secondary N) is 2. The van der Waals surface area contributed by atoms with E-state index in [1.54, 1.807) is 0 Å². The molecule has 1 atom stereocenters. The van der Waals surface area contributed by atoms with Crippen LogP contribution in [0.25, 0.3) is 0 Å². The molecule has 2 aliphatic rings. The Balaban J connectivity index is 1.36. The Bertz CT molecular complexity index is 701. The van der Waals surface area contributed by atoms with Gasteiger partial charge in [0.1, 0.15) is 0 Å². The topological polar surface area (TPSA) is 60.0 Å². The van der Waals surface area contributed by atoms with Gasteiger partial charge in [0, 0.05) is 51.1 Å². The summed E-state index contributed by atoms with van der Waals surface area (Å²) in [5, 5.41) is 6.84. The second kappa shape index (κ2) is 13.5. The first-order chi connectivity index (χ1) is 15.7. The fourth-order valence-electron chi connectivity index (χ4n) is 4.90. The zero-order chi connectivity index (χ0) is 22.6. The second-order valence-electron chi connectivity index (χ2n) is 9.42. The molecule has 0 aromatic heterocycles. The van der Waals surface area contributed by atoms with Crippen molar-refractivity contribution in [2.75, 3.05) is 46.3 Å². The predicted molar refractivity (Wildman–Crippen MR) is 133 cm³/mol. The molecule has 2 N–H and O–H groups in total. The highest BCUT2D eigenvalue weighted by Crippen LogP contribution is 2.21. The van der Waals surface area contributed by atoms with E-state index in [0.29, 0.717) is 18.9 Å². The third-order valence-electron chi connectivity index (χ3n) is 6.84. The van der Waals surface area contributed by atoms with Gasteiger partial charge in [-0.3, -0.25) is 9.79 Å². The summed E-state index contributed by atoms with van der Waals surface area (Å²) in [7, 11) is 2.27. The Hall–Kier alpha value is -2.08. The lowest BCUT2D eigenvalue weighted by Gasteiger charge is -2.31. The van der Waals surface area contributed by atoms with Gasteiger partial charge in [-0.2, -0.15) is 0 Å². The lowest BCUT2D eigenvalue weighted by Crippen LogP contribution is -2.40. The number of amides is 1. The van der Waals surface area contributed by atoms with E-state index < -0.39 is 0 Å². The average Bonchev–Trinajstić information content (AvgIpc) is 3.19. The number of likely N-dealkylation sites (tertiary alicyclic amines) is 1. The third-order valence-corrected chi connectivity index (χ3v) is 6.84. The first-order valence-electron chi connectivity index (χ1n) is 12.7. The normalized spacial score (nSPS) is 20.2. The number of hydrogen-bond acceptors (Lipinski definition) is 3. The molecule has 1 unspecified atom stereocenters. The predicted octanol–water partition coefficient (Wildman–Crippen LogP) is 3.29. The molecule has 0 spiro atoms. The Morgan fingerprint density at radius 2 is 1.94 bits per heavy atom. The molecular weight excluding hydrogens is 398 g/mol. The summed E-state index contributed by atoms with van der Waals surface area (Å²) in [5.41, 5.74) is 1.29. The van der Waals surface area contributed by atoms with Crippen molar-refractivity contribution in [3.8, 4) is 0 Å². The van der Waals surface area contributed by atoms with E-state index in [9.17, 15) is 4.79 Å². The van der Waals surface area contributed by atoms with Crippen molar-refractivity contribution in [2.24, 2.45) is 10.9 Å². The van der Waals surface area contributed by atoms with Crippen LogP contribution >= 0.6 is 0 Å². The molecule has 1 aromatic rings. The highest BCUT2D eigenvalue weighted by atomic mass is 16.2. The van der Waals surface area contributed by atoms with E-state index in [4.69, 9.17) is 4.99 Å². The van der Waals surface area contributed by atoms with Gasteiger partial charge in [0.15, 0.2) is 5.96 Å². The van der Waals surface area contributed by atoms with Crippen LogP contribution in [-0.4, -0.2) is 74.0 Å². The second-order valence-corrected chi connectivity index (χ2v) is 9.42. The quantitative estimate of drug-likeness (QED) is 0.314. The molecule has 32 heavy (non-hydrogen) atoms. The number of benzene rings is 1. The minimum absolute atomic E-state index is 0.268. The molecule has 0 radical (unpaired) electrons. The molecule has 1 aromatic carbocycles. The summed E-state index contributed by atoms with van der Waals surface area (Å²) in [6.07, 6.45) is 9.55. The van der Waals surface area contributed by atoms with Crippen molar-refractivity contribution in [3.63, 3.8) is 0 Å². The summed E-state index contributed by atoms with van der Waals surface area (Å²) in [5.74, 6) is 1.46. The Morgan fingerprint density at radius 3 is 2.69 bits per heavy atom. The Labute approximate surface area is 194 Å². The van der Waals surface area contributed by atoms with Crippen LogP contribution in [0.5, 0.6) is 0 Å². The molecule has 6 heteroatoms. The van der Waals surface area contributed by atoms with E-state index in [1.165, 1.54) is 37.7 Å². The summed E-state index contributed by atoms with van der Waals surface area (Å²) in [4.78, 5) is 21.8. The van der Waals surface area contributed by atoms with Gasteiger partial charge in [0.25, 0.3) is 0 Å². The monoisotopic (exact) mass is 441 g/mol. The van der Waals surface area contributed by atoms with Crippen LogP contribution in [0, 0.1) is 5.92 Å². The highest BCUT2D eigenvalue weighted by Gasteiger charge is 2.29. The molecule has 2 fully saturated rings. The lowest BCUT2D eigenvalue weighted by molar-refractivity contribution is -0.127. The molecule has 0 bridgehead atoms. The fraction of sp³-hybridized carbons (Fsp3) is 0.692. The van der Waals surface area contributed by atoms with E-state index in [0.717, 1.165) is 57.6 Å². The first-order valence-corrected chi connectivity index (χ1v) is 12.7. The summed E-state index contributed by atoms with van der Waals surface area (Å²) in [6, 6.07) is 11.2. The number of rotatable bonds is 11. The number of nitrogens with zero attached hydrogens (tertiary/aromatic N) is 3. The van der Waals surface area contributed by atoms with Gasteiger partial charge < -0.3 is 20.4 Å². The zero-order valence-electron chi connectivity index (χ0n) is 20.2. The number of hydrogen-bond donors (Lipinski definition) is 2. The smallest absolute Gasteiger partial charge is 0.223 e. The van der Waals surface area contributed by atoms with Gasteiger partial charge in [-0.1, -0.05) is 49.6 Å². The van der Waals surface area contributed by atoms with Crippen molar-refractivity contribution in [1.29, 1.82) is 0 Å². The van der Waals surface area contributed by atoms with Gasteiger partial charge in [0.05, 0.1) is 0 Å². The van der Waals surface area contributed by atoms with Crippen molar-refractivity contribution in [2.45, 2.75) is 64.3 Å². The van der Waals surface area contributed by atoms with Crippen molar-refractivity contribution in [3.05, 3.63) is 35.9 Å². The van der Waals surface area contributed by atoms with Crippen LogP contribution in [0.1, 0.15) is 57.4 Å². The molecule has 1 amide bonds. The SMILES string of the molecule is CCNC(=NCC1CC(=O)N(CCc2ccccc2)C1)NCCCN(C)C1CCCCC1. The molecule has 1 aliphatic carbocycles. The first kappa shape index (κ1) is 24.6. The van der Waals surface area contributed by atoms with Gasteiger partial charge in [-0.15, -0.1) is 0 Å². The average molecular weight is 442 g/mol. The van der Waals surface area contributed by atoms with Crippen LogP contribution in [0.15, 0.2) is 35.3 Å². The molecule has 3 rings (SSSR count). The van der Waals surface area contributed by atoms with Crippen LogP contribution < -0.4 is 10.6 Å². The maximum Gasteiger partial charge on any atom is 0.223 e. The van der Waals surface area contributed by atoms with Gasteiger partial charge in [-0.25, -0.2) is 0 Å². The lowest BCUT2D eigenvalue weighted by atomic mass is 9.94. The van der Waals surface area contributed by atoms with Crippen LogP contribution in [0.4, 0.5) is 0 Å². The molecule has 1 saturated heterocycles. The number of aliphatic imine (C=N–C) groups is 1. The summed E-state index contributed by atoms with van der Waals surface area (Å²) in [6.45, 7) is 7.32. The third kappa shape index (κ3) is 8.12. The summed E-state index contributed by atoms with van der Waals surface area (Å²) >= 11 is 0. The van der Waals surface area contributed by atoms with Crippen LogP contribution in [-0.2, 0) is 11.2 Å². The molecule has 1 saturated carbocycles. The minimum atomic E-state index is 0.268. The van der Waals surface area contributed by atoms with Gasteiger partial charge >= 0.3 is 0 Å². The molecule has 1 aliphatic heterocycles. The highest BCUT2D eigenvalue weighted by molar-refractivity contribution is 5.80. The minimum Gasteiger partial charge on any atom is -0.357 e. The van der Waals surface area contributed by atoms with E-state index in [2.05, 4.69) is 53.8 Å². The van der Waals surface area contributed by atoms with E-state index >= 15 is 0 Å². The maximum absolute atomic E-state index is 12.4. The van der Waals surface area contributed by atoms with Crippen LogP contribution in [0.3, 0.4) is 0 Å². The van der Waals surface area contributed by atoms with Gasteiger partial charge in [0.2, 0.25) is 5.91 Å². The van der Waals surface area contributed by atoms with Crippen molar-refractivity contribution >= 4 is 11.9 Å².